The molecule has 1 N–H and O–H groups in total. The van der Waals surface area contributed by atoms with Crippen LogP contribution in [0.1, 0.15) is 39.0 Å². The Morgan fingerprint density at radius 2 is 2.22 bits per heavy atom. The van der Waals surface area contributed by atoms with Crippen molar-refractivity contribution in [2.24, 2.45) is 23.2 Å². The minimum atomic E-state index is 0.0187. The molecule has 2 saturated carbocycles. The van der Waals surface area contributed by atoms with Crippen LogP contribution in [-0.2, 0) is 9.53 Å². The van der Waals surface area contributed by atoms with Crippen LogP contribution >= 0.6 is 0 Å². The minimum absolute atomic E-state index is 0.0187. The zero-order valence-electron chi connectivity index (χ0n) is 14.9. The molecule has 5 atom stereocenters. The number of fused-ring (bicyclic) bond motifs is 2. The maximum Gasteiger partial charge on any atom is 0.310 e. The maximum atomic E-state index is 12.4. The van der Waals surface area contributed by atoms with E-state index in [2.05, 4.69) is 37.8 Å². The van der Waals surface area contributed by atoms with Gasteiger partial charge < -0.3 is 15.0 Å². The first-order chi connectivity index (χ1) is 10.9. The largest absolute Gasteiger partial charge is 0.462 e. The summed E-state index contributed by atoms with van der Waals surface area (Å²) in [5, 5.41) is 3.45. The lowest BCUT2D eigenvalue weighted by molar-refractivity contribution is -0.146. The molecule has 130 valence electrons. The molecule has 3 aliphatic rings. The molecular weight excluding hydrogens is 288 g/mol. The molecule has 3 fully saturated rings. The summed E-state index contributed by atoms with van der Waals surface area (Å²) in [4.78, 5) is 14.5. The number of hydrogen-bond acceptors (Lipinski definition) is 4. The maximum absolute atomic E-state index is 12.4. The first-order valence-corrected chi connectivity index (χ1v) is 9.14. The molecule has 3 rings (SSSR count). The van der Waals surface area contributed by atoms with E-state index in [-0.39, 0.29) is 18.0 Å². The van der Waals surface area contributed by atoms with Gasteiger partial charge in [-0.15, -0.1) is 0 Å². The van der Waals surface area contributed by atoms with Crippen molar-refractivity contribution in [3.05, 3.63) is 12.2 Å². The van der Waals surface area contributed by atoms with E-state index < -0.39 is 0 Å². The van der Waals surface area contributed by atoms with Crippen LogP contribution in [0.5, 0.6) is 0 Å². The summed E-state index contributed by atoms with van der Waals surface area (Å²) >= 11 is 0. The number of carbonyl (C=O) groups excluding carboxylic acids is 1. The molecule has 0 aromatic carbocycles. The Kier molecular flexibility index (Phi) is 4.84. The minimum Gasteiger partial charge on any atom is -0.462 e. The Morgan fingerprint density at radius 1 is 1.43 bits per heavy atom. The molecule has 1 heterocycles. The lowest BCUT2D eigenvalue weighted by Gasteiger charge is -2.50. The van der Waals surface area contributed by atoms with Crippen LogP contribution in [0.25, 0.3) is 0 Å². The Bertz CT molecular complexity index is 476. The van der Waals surface area contributed by atoms with Gasteiger partial charge in [-0.05, 0) is 57.5 Å². The van der Waals surface area contributed by atoms with Crippen molar-refractivity contribution in [2.75, 3.05) is 33.7 Å². The van der Waals surface area contributed by atoms with E-state index in [4.69, 9.17) is 4.74 Å². The van der Waals surface area contributed by atoms with E-state index in [1.54, 1.807) is 0 Å². The van der Waals surface area contributed by atoms with Gasteiger partial charge in [0.25, 0.3) is 0 Å². The van der Waals surface area contributed by atoms with Gasteiger partial charge in [-0.3, -0.25) is 4.79 Å². The topological polar surface area (TPSA) is 41.6 Å². The molecular formula is C19H32N2O2. The molecule has 0 amide bonds. The highest BCUT2D eigenvalue weighted by Crippen LogP contribution is 2.56. The molecule has 0 spiro atoms. The SMILES string of the molecule is C=C1CCC[C@]2(C)C[C@H]3OC(=O)[C@@H](CNCCN(C)C)[C@H]3C[C@@H]12. The van der Waals surface area contributed by atoms with Crippen molar-refractivity contribution in [1.29, 1.82) is 0 Å². The Hall–Kier alpha value is -0.870. The number of esters is 1. The van der Waals surface area contributed by atoms with Crippen LogP contribution in [0.4, 0.5) is 0 Å². The lowest BCUT2D eigenvalue weighted by Crippen LogP contribution is -2.45. The lowest BCUT2D eigenvalue weighted by atomic mass is 9.55. The van der Waals surface area contributed by atoms with Crippen molar-refractivity contribution < 1.29 is 9.53 Å². The van der Waals surface area contributed by atoms with E-state index in [1.807, 2.05) is 0 Å². The molecule has 0 aromatic heterocycles. The highest BCUT2D eigenvalue weighted by atomic mass is 16.6. The molecule has 0 unspecified atom stereocenters. The van der Waals surface area contributed by atoms with Crippen LogP contribution in [0.15, 0.2) is 12.2 Å². The Labute approximate surface area is 140 Å². The van der Waals surface area contributed by atoms with Crippen LogP contribution in [0, 0.1) is 23.2 Å². The third-order valence-corrected chi connectivity index (χ3v) is 6.42. The Morgan fingerprint density at radius 3 is 2.96 bits per heavy atom. The van der Waals surface area contributed by atoms with Gasteiger partial charge in [0.1, 0.15) is 6.10 Å². The molecule has 1 aliphatic heterocycles. The highest BCUT2D eigenvalue weighted by molar-refractivity contribution is 5.75. The normalized spacial score (nSPS) is 40.0. The van der Waals surface area contributed by atoms with Crippen molar-refractivity contribution in [2.45, 2.75) is 45.1 Å². The van der Waals surface area contributed by atoms with E-state index in [9.17, 15) is 4.79 Å². The van der Waals surface area contributed by atoms with E-state index in [0.717, 1.165) is 38.9 Å². The van der Waals surface area contributed by atoms with Gasteiger partial charge in [0.15, 0.2) is 0 Å². The summed E-state index contributed by atoms with van der Waals surface area (Å²) in [5.74, 6) is 1.00. The number of hydrogen-bond donors (Lipinski definition) is 1. The molecule has 0 radical (unpaired) electrons. The van der Waals surface area contributed by atoms with E-state index in [0.29, 0.717) is 17.3 Å². The van der Waals surface area contributed by atoms with Gasteiger partial charge in [-0.25, -0.2) is 0 Å². The van der Waals surface area contributed by atoms with Gasteiger partial charge in [-0.1, -0.05) is 19.1 Å². The number of ether oxygens (including phenoxy) is 1. The summed E-state index contributed by atoms with van der Waals surface area (Å²) in [5.41, 5.74) is 1.71. The van der Waals surface area contributed by atoms with Gasteiger partial charge in [0, 0.05) is 25.6 Å². The summed E-state index contributed by atoms with van der Waals surface area (Å²) in [6.07, 6.45) is 5.91. The number of allylic oxidation sites excluding steroid dienone is 1. The molecule has 1 saturated heterocycles. The predicted molar refractivity (Wildman–Crippen MR) is 92.1 cm³/mol. The second kappa shape index (κ2) is 6.56. The average molecular weight is 320 g/mol. The van der Waals surface area contributed by atoms with Crippen molar-refractivity contribution in [3.8, 4) is 0 Å². The van der Waals surface area contributed by atoms with Crippen LogP contribution in [0.2, 0.25) is 0 Å². The molecule has 0 aromatic rings. The molecule has 0 bridgehead atoms. The fourth-order valence-electron chi connectivity index (χ4n) is 5.05. The predicted octanol–water partition coefficient (Wildman–Crippen LogP) is 2.45. The molecule has 4 nitrogen and oxygen atoms in total. The first-order valence-electron chi connectivity index (χ1n) is 9.14. The zero-order chi connectivity index (χ0) is 16.6. The second-order valence-corrected chi connectivity index (χ2v) is 8.41. The summed E-state index contributed by atoms with van der Waals surface area (Å²) < 4.78 is 5.79. The van der Waals surface area contributed by atoms with E-state index >= 15 is 0 Å². The molecule has 23 heavy (non-hydrogen) atoms. The van der Waals surface area contributed by atoms with Crippen molar-refractivity contribution in [3.63, 3.8) is 0 Å². The fraction of sp³-hybridized carbons (Fsp3) is 0.842. The number of nitrogens with zero attached hydrogens (tertiary/aromatic N) is 1. The summed E-state index contributed by atoms with van der Waals surface area (Å²) in [6, 6.07) is 0. The monoisotopic (exact) mass is 320 g/mol. The van der Waals surface area contributed by atoms with E-state index in [1.165, 1.54) is 18.4 Å². The number of nitrogens with one attached hydrogen (secondary N) is 1. The zero-order valence-corrected chi connectivity index (χ0v) is 14.9. The van der Waals surface area contributed by atoms with Crippen LogP contribution in [-0.4, -0.2) is 50.7 Å². The summed E-state index contributed by atoms with van der Waals surface area (Å²) in [7, 11) is 4.14. The number of likely N-dealkylation sites (N-methyl/N-ethyl adjacent to an activating group) is 1. The third-order valence-electron chi connectivity index (χ3n) is 6.42. The van der Waals surface area contributed by atoms with Gasteiger partial charge in [-0.2, -0.15) is 0 Å². The number of rotatable bonds is 5. The van der Waals surface area contributed by atoms with Crippen molar-refractivity contribution >= 4 is 5.97 Å². The van der Waals surface area contributed by atoms with Crippen molar-refractivity contribution in [1.82, 2.24) is 10.2 Å². The first kappa shape index (κ1) is 17.0. The van der Waals surface area contributed by atoms with Gasteiger partial charge in [0.2, 0.25) is 0 Å². The van der Waals surface area contributed by atoms with Crippen LogP contribution in [0.3, 0.4) is 0 Å². The summed E-state index contributed by atoms with van der Waals surface area (Å²) in [6.45, 7) is 9.40. The smallest absolute Gasteiger partial charge is 0.310 e. The quantitative estimate of drug-likeness (QED) is 0.480. The highest BCUT2D eigenvalue weighted by Gasteiger charge is 2.54. The Balaban J connectivity index is 1.64. The molecule has 2 aliphatic carbocycles. The fourth-order valence-corrected chi connectivity index (χ4v) is 5.05. The van der Waals surface area contributed by atoms with Gasteiger partial charge >= 0.3 is 5.97 Å². The van der Waals surface area contributed by atoms with Crippen LogP contribution < -0.4 is 5.32 Å². The molecule has 4 heteroatoms. The average Bonchev–Trinajstić information content (AvgIpc) is 2.76. The third kappa shape index (κ3) is 3.34. The number of carbonyl (C=O) groups is 1. The van der Waals surface area contributed by atoms with Gasteiger partial charge in [0.05, 0.1) is 5.92 Å². The standard InChI is InChI=1S/C19H32N2O2/c1-13-6-5-7-19(2)11-17-14(10-16(13)19)15(18(22)23-17)12-20-8-9-21(3)4/h14-17,20H,1,5-12H2,2-4H3/t14-,15+,16+,17-,19-/m1/s1. The second-order valence-electron chi connectivity index (χ2n) is 8.41.